The van der Waals surface area contributed by atoms with Crippen molar-refractivity contribution in [3.8, 4) is 22.9 Å². The van der Waals surface area contributed by atoms with Crippen LogP contribution in [-0.4, -0.2) is 60.8 Å². The molecule has 0 aliphatic carbocycles. The lowest BCUT2D eigenvalue weighted by Gasteiger charge is -2.27. The zero-order valence-corrected chi connectivity index (χ0v) is 21.4. The van der Waals surface area contributed by atoms with Gasteiger partial charge in [-0.25, -0.2) is 0 Å². The van der Waals surface area contributed by atoms with E-state index >= 15 is 0 Å². The molecule has 1 aromatic heterocycles. The molecule has 2 aromatic carbocycles. The first kappa shape index (κ1) is 24.7. The number of aryl methyl sites for hydroxylation is 1. The van der Waals surface area contributed by atoms with Crippen LogP contribution in [-0.2, 0) is 4.79 Å². The third kappa shape index (κ3) is 5.64. The predicted molar refractivity (Wildman–Crippen MR) is 138 cm³/mol. The van der Waals surface area contributed by atoms with Crippen molar-refractivity contribution < 1.29 is 19.0 Å². The van der Waals surface area contributed by atoms with Gasteiger partial charge in [0, 0.05) is 30.9 Å². The Bertz CT molecular complexity index is 1130. The molecule has 1 aliphatic rings. The number of anilines is 2. The molecule has 0 saturated carbocycles. The summed E-state index contributed by atoms with van der Waals surface area (Å²) < 4.78 is 18.1. The number of methoxy groups -OCH3 is 3. The number of rotatable bonds is 9. The molecule has 1 saturated heterocycles. The summed E-state index contributed by atoms with van der Waals surface area (Å²) in [6.07, 6.45) is 3.51. The minimum Gasteiger partial charge on any atom is -0.493 e. The van der Waals surface area contributed by atoms with Gasteiger partial charge in [0.15, 0.2) is 16.7 Å². The lowest BCUT2D eigenvalue weighted by molar-refractivity contribution is -0.113. The highest BCUT2D eigenvalue weighted by Crippen LogP contribution is 2.40. The number of hydrogen-bond acceptors (Lipinski definition) is 8. The van der Waals surface area contributed by atoms with Crippen molar-refractivity contribution in [3.05, 3.63) is 42.0 Å². The molecule has 3 aromatic rings. The molecule has 2 heterocycles. The lowest BCUT2D eigenvalue weighted by Crippen LogP contribution is -2.31. The SMILES string of the molecule is COc1cc(NC(=O)CSc2nnc(N3CCCCC3)n2-c2ccc(C)cc2)cc(OC)c1OC. The van der Waals surface area contributed by atoms with Crippen LogP contribution in [0.4, 0.5) is 11.6 Å². The highest BCUT2D eigenvalue weighted by atomic mass is 32.2. The largest absolute Gasteiger partial charge is 0.493 e. The number of benzene rings is 2. The van der Waals surface area contributed by atoms with E-state index in [1.807, 2.05) is 4.57 Å². The van der Waals surface area contributed by atoms with Gasteiger partial charge in [0.2, 0.25) is 17.6 Å². The van der Waals surface area contributed by atoms with Gasteiger partial charge in [-0.05, 0) is 38.3 Å². The van der Waals surface area contributed by atoms with Crippen molar-refractivity contribution in [2.45, 2.75) is 31.3 Å². The van der Waals surface area contributed by atoms with Crippen molar-refractivity contribution in [2.24, 2.45) is 0 Å². The third-order valence-electron chi connectivity index (χ3n) is 5.83. The zero-order chi connectivity index (χ0) is 24.8. The van der Waals surface area contributed by atoms with Crippen LogP contribution < -0.4 is 24.4 Å². The summed E-state index contributed by atoms with van der Waals surface area (Å²) in [6.45, 7) is 3.97. The first-order valence-electron chi connectivity index (χ1n) is 11.5. The Morgan fingerprint density at radius 1 is 0.971 bits per heavy atom. The average Bonchev–Trinajstić information content (AvgIpc) is 3.31. The number of nitrogens with one attached hydrogen (secondary N) is 1. The van der Waals surface area contributed by atoms with E-state index in [2.05, 4.69) is 51.6 Å². The zero-order valence-electron chi connectivity index (χ0n) is 20.5. The maximum atomic E-state index is 12.8. The Morgan fingerprint density at radius 3 is 2.23 bits per heavy atom. The van der Waals surface area contributed by atoms with E-state index in [9.17, 15) is 4.79 Å². The highest BCUT2D eigenvalue weighted by Gasteiger charge is 2.22. The smallest absolute Gasteiger partial charge is 0.234 e. The monoisotopic (exact) mass is 497 g/mol. The van der Waals surface area contributed by atoms with Crippen LogP contribution in [0.3, 0.4) is 0 Å². The first-order valence-corrected chi connectivity index (χ1v) is 12.5. The number of carbonyl (C=O) groups is 1. The van der Waals surface area contributed by atoms with Crippen LogP contribution in [0.2, 0.25) is 0 Å². The minimum absolute atomic E-state index is 0.167. The summed E-state index contributed by atoms with van der Waals surface area (Å²) in [5.74, 6) is 2.23. The fraction of sp³-hybridized carbons (Fsp3) is 0.400. The minimum atomic E-state index is -0.178. The molecule has 0 unspecified atom stereocenters. The van der Waals surface area contributed by atoms with Crippen LogP contribution in [0.15, 0.2) is 41.6 Å². The number of piperidine rings is 1. The van der Waals surface area contributed by atoms with Gasteiger partial charge in [-0.15, -0.1) is 10.2 Å². The molecular weight excluding hydrogens is 466 g/mol. The molecule has 1 amide bonds. The molecule has 186 valence electrons. The van der Waals surface area contributed by atoms with E-state index in [0.29, 0.717) is 28.1 Å². The summed E-state index contributed by atoms with van der Waals surface area (Å²) in [5, 5.41) is 12.5. The van der Waals surface area contributed by atoms with Gasteiger partial charge in [0.1, 0.15) is 0 Å². The van der Waals surface area contributed by atoms with Gasteiger partial charge in [-0.3, -0.25) is 9.36 Å². The van der Waals surface area contributed by atoms with Crippen molar-refractivity contribution in [1.29, 1.82) is 0 Å². The van der Waals surface area contributed by atoms with Crippen LogP contribution >= 0.6 is 11.8 Å². The number of hydrogen-bond donors (Lipinski definition) is 1. The second-order valence-corrected chi connectivity index (χ2v) is 9.19. The summed E-state index contributed by atoms with van der Waals surface area (Å²) in [6, 6.07) is 11.7. The van der Waals surface area contributed by atoms with Crippen molar-refractivity contribution in [3.63, 3.8) is 0 Å². The standard InChI is InChI=1S/C25H31N5O4S/c1-17-8-10-19(11-9-17)30-24(29-12-6-5-7-13-29)27-28-25(30)35-16-22(31)26-18-14-20(32-2)23(34-4)21(15-18)33-3/h8-11,14-15H,5-7,12-13,16H2,1-4H3,(H,26,31). The van der Waals surface area contributed by atoms with Gasteiger partial charge >= 0.3 is 0 Å². The number of nitrogens with zero attached hydrogens (tertiary/aromatic N) is 4. The molecule has 1 N–H and O–H groups in total. The Labute approximate surface area is 209 Å². The van der Waals surface area contributed by atoms with Gasteiger partial charge in [0.05, 0.1) is 32.8 Å². The quantitative estimate of drug-likeness (QED) is 0.437. The fourth-order valence-electron chi connectivity index (χ4n) is 4.05. The molecule has 4 rings (SSSR count). The Morgan fingerprint density at radius 2 is 1.63 bits per heavy atom. The second-order valence-electron chi connectivity index (χ2n) is 8.25. The van der Waals surface area contributed by atoms with E-state index in [1.54, 1.807) is 12.1 Å². The van der Waals surface area contributed by atoms with E-state index in [0.717, 1.165) is 37.6 Å². The fourth-order valence-corrected chi connectivity index (χ4v) is 4.80. The third-order valence-corrected chi connectivity index (χ3v) is 6.76. The Hall–Kier alpha value is -3.40. The average molecular weight is 498 g/mol. The topological polar surface area (TPSA) is 90.7 Å². The molecule has 1 fully saturated rings. The van der Waals surface area contributed by atoms with Gasteiger partial charge in [-0.1, -0.05) is 29.5 Å². The van der Waals surface area contributed by atoms with Crippen molar-refractivity contribution >= 4 is 29.3 Å². The van der Waals surface area contributed by atoms with Crippen LogP contribution in [0.5, 0.6) is 17.2 Å². The number of aromatic nitrogens is 3. The molecular formula is C25H31N5O4S. The number of thioether (sulfide) groups is 1. The first-order chi connectivity index (χ1) is 17.0. The van der Waals surface area contributed by atoms with Crippen LogP contribution in [0, 0.1) is 6.92 Å². The lowest BCUT2D eigenvalue weighted by atomic mass is 10.1. The number of amides is 1. The van der Waals surface area contributed by atoms with E-state index in [-0.39, 0.29) is 11.7 Å². The Kier molecular flexibility index (Phi) is 8.02. The summed E-state index contributed by atoms with van der Waals surface area (Å²) >= 11 is 1.35. The highest BCUT2D eigenvalue weighted by molar-refractivity contribution is 7.99. The maximum Gasteiger partial charge on any atom is 0.234 e. The molecule has 1 aliphatic heterocycles. The van der Waals surface area contributed by atoms with Crippen molar-refractivity contribution in [2.75, 3.05) is 50.4 Å². The number of carbonyl (C=O) groups excluding carboxylic acids is 1. The number of ether oxygens (including phenoxy) is 3. The van der Waals surface area contributed by atoms with Gasteiger partial charge in [0.25, 0.3) is 0 Å². The molecule has 10 heteroatoms. The molecule has 0 radical (unpaired) electrons. The normalized spacial score (nSPS) is 13.4. The van der Waals surface area contributed by atoms with E-state index in [1.165, 1.54) is 45.1 Å². The molecule has 0 bridgehead atoms. The van der Waals surface area contributed by atoms with E-state index < -0.39 is 0 Å². The van der Waals surface area contributed by atoms with Gasteiger partial charge in [-0.2, -0.15) is 0 Å². The van der Waals surface area contributed by atoms with Crippen LogP contribution in [0.25, 0.3) is 5.69 Å². The molecule has 0 spiro atoms. The van der Waals surface area contributed by atoms with Gasteiger partial charge < -0.3 is 24.4 Å². The summed E-state index contributed by atoms with van der Waals surface area (Å²) in [4.78, 5) is 15.1. The molecule has 0 atom stereocenters. The van der Waals surface area contributed by atoms with Crippen LogP contribution in [0.1, 0.15) is 24.8 Å². The summed E-state index contributed by atoms with van der Waals surface area (Å²) in [5.41, 5.74) is 2.72. The molecule has 35 heavy (non-hydrogen) atoms. The molecule has 9 nitrogen and oxygen atoms in total. The van der Waals surface area contributed by atoms with E-state index in [4.69, 9.17) is 14.2 Å². The second kappa shape index (κ2) is 11.4. The Balaban J connectivity index is 1.53. The summed E-state index contributed by atoms with van der Waals surface area (Å²) in [7, 11) is 4.62. The maximum absolute atomic E-state index is 12.8. The van der Waals surface area contributed by atoms with Crippen molar-refractivity contribution in [1.82, 2.24) is 14.8 Å². The predicted octanol–water partition coefficient (Wildman–Crippen LogP) is 4.32.